The van der Waals surface area contributed by atoms with Crippen LogP contribution in [-0.2, 0) is 13.0 Å². The van der Waals surface area contributed by atoms with Crippen LogP contribution in [-0.4, -0.2) is 14.2 Å². The summed E-state index contributed by atoms with van der Waals surface area (Å²) in [5.41, 5.74) is 7.80. The van der Waals surface area contributed by atoms with Gasteiger partial charge in [0.1, 0.15) is 5.65 Å². The van der Waals surface area contributed by atoms with E-state index in [0.29, 0.717) is 0 Å². The molecule has 0 spiro atoms. The van der Waals surface area contributed by atoms with Crippen molar-refractivity contribution >= 4 is 5.65 Å². The number of nitrogens with zero attached hydrogens (tertiary/aromatic N) is 3. The van der Waals surface area contributed by atoms with Crippen LogP contribution in [0.1, 0.15) is 24.0 Å². The van der Waals surface area contributed by atoms with Crippen LogP contribution in [0.2, 0.25) is 0 Å². The summed E-state index contributed by atoms with van der Waals surface area (Å²) < 4.78 is 4.51. The first-order chi connectivity index (χ1) is 12.3. The predicted octanol–water partition coefficient (Wildman–Crippen LogP) is 5.11. The van der Waals surface area contributed by atoms with E-state index in [-0.39, 0.29) is 0 Å². The maximum absolute atomic E-state index is 4.95. The second-order valence-electron chi connectivity index (χ2n) is 6.95. The molecule has 0 fully saturated rings. The van der Waals surface area contributed by atoms with Crippen molar-refractivity contribution in [1.82, 2.24) is 14.2 Å². The van der Waals surface area contributed by atoms with Crippen LogP contribution in [0.15, 0.2) is 60.8 Å². The minimum atomic E-state index is 1.04. The predicted molar refractivity (Wildman–Crippen MR) is 102 cm³/mol. The summed E-state index contributed by atoms with van der Waals surface area (Å²) in [6.45, 7) is 3.16. The van der Waals surface area contributed by atoms with Crippen LogP contribution >= 0.6 is 0 Å². The Labute approximate surface area is 147 Å². The molecule has 2 aromatic heterocycles. The Hall–Kier alpha value is -2.81. The van der Waals surface area contributed by atoms with Gasteiger partial charge in [-0.3, -0.25) is 0 Å². The summed E-state index contributed by atoms with van der Waals surface area (Å²) in [5, 5.41) is 4.95. The third-order valence-electron chi connectivity index (χ3n) is 5.23. The van der Waals surface area contributed by atoms with Gasteiger partial charge in [-0.2, -0.15) is 0 Å². The molecule has 3 heterocycles. The van der Waals surface area contributed by atoms with E-state index in [1.807, 2.05) is 0 Å². The summed E-state index contributed by atoms with van der Waals surface area (Å²) in [6, 6.07) is 19.4. The molecule has 0 saturated heterocycles. The van der Waals surface area contributed by atoms with Gasteiger partial charge in [0, 0.05) is 29.4 Å². The zero-order valence-corrected chi connectivity index (χ0v) is 14.4. The van der Waals surface area contributed by atoms with E-state index in [4.69, 9.17) is 5.10 Å². The molecule has 124 valence electrons. The molecule has 25 heavy (non-hydrogen) atoms. The fourth-order valence-electron chi connectivity index (χ4n) is 3.95. The molecule has 0 radical (unpaired) electrons. The molecule has 0 unspecified atom stereocenters. The van der Waals surface area contributed by atoms with Crippen LogP contribution in [0.25, 0.3) is 28.2 Å². The number of benzene rings is 2. The third kappa shape index (κ3) is 2.30. The standard InChI is InChI=1S/C22H21N3/c1-16-10-12-18(13-11-16)21-23-25-15-20(17-7-3-2-4-8-17)19-9-5-6-14-24(21)22(19)25/h2-4,7-8,10-13,15H,5-6,9,14H2,1H3. The van der Waals surface area contributed by atoms with Gasteiger partial charge in [0.05, 0.1) is 0 Å². The maximum Gasteiger partial charge on any atom is 0.162 e. The number of rotatable bonds is 2. The lowest BCUT2D eigenvalue weighted by Crippen LogP contribution is -1.99. The molecule has 0 saturated carbocycles. The van der Waals surface area contributed by atoms with Crippen molar-refractivity contribution in [2.75, 3.05) is 0 Å². The number of aromatic nitrogens is 3. The average Bonchev–Trinajstić information content (AvgIpc) is 3.08. The Morgan fingerprint density at radius 1 is 0.880 bits per heavy atom. The molecule has 1 aliphatic heterocycles. The molecule has 2 aromatic carbocycles. The maximum atomic E-state index is 4.95. The van der Waals surface area contributed by atoms with Gasteiger partial charge < -0.3 is 4.57 Å². The highest BCUT2D eigenvalue weighted by Gasteiger charge is 2.22. The SMILES string of the molecule is Cc1ccc(-c2nn3cc(-c4ccccc4)c4c3n2CCCC4)cc1. The Morgan fingerprint density at radius 3 is 2.48 bits per heavy atom. The molecule has 0 N–H and O–H groups in total. The normalized spacial score (nSPS) is 14.0. The van der Waals surface area contributed by atoms with Crippen LogP contribution < -0.4 is 0 Å². The fraction of sp³-hybridized carbons (Fsp3) is 0.227. The van der Waals surface area contributed by atoms with Crippen molar-refractivity contribution in [3.05, 3.63) is 71.9 Å². The average molecular weight is 327 g/mol. The minimum absolute atomic E-state index is 1.04. The van der Waals surface area contributed by atoms with Gasteiger partial charge in [0.2, 0.25) is 0 Å². The molecule has 0 bridgehead atoms. The number of aryl methyl sites for hydroxylation is 3. The minimum Gasteiger partial charge on any atom is -0.309 e. The van der Waals surface area contributed by atoms with Crippen molar-refractivity contribution in [3.63, 3.8) is 0 Å². The third-order valence-corrected chi connectivity index (χ3v) is 5.23. The van der Waals surface area contributed by atoms with Crippen LogP contribution in [0.3, 0.4) is 0 Å². The summed E-state index contributed by atoms with van der Waals surface area (Å²) >= 11 is 0. The Morgan fingerprint density at radius 2 is 1.68 bits per heavy atom. The van der Waals surface area contributed by atoms with Crippen LogP contribution in [0.4, 0.5) is 0 Å². The van der Waals surface area contributed by atoms with E-state index < -0.39 is 0 Å². The molecular weight excluding hydrogens is 306 g/mol. The van der Waals surface area contributed by atoms with E-state index >= 15 is 0 Å². The zero-order chi connectivity index (χ0) is 16.8. The number of hydrogen-bond acceptors (Lipinski definition) is 1. The van der Waals surface area contributed by atoms with E-state index in [2.05, 4.69) is 76.8 Å². The Balaban J connectivity index is 1.74. The van der Waals surface area contributed by atoms with Gasteiger partial charge >= 0.3 is 0 Å². The Bertz CT molecular complexity index is 1040. The van der Waals surface area contributed by atoms with Gasteiger partial charge in [-0.1, -0.05) is 60.2 Å². The summed E-state index contributed by atoms with van der Waals surface area (Å²) in [7, 11) is 0. The second-order valence-corrected chi connectivity index (χ2v) is 6.95. The van der Waals surface area contributed by atoms with E-state index in [1.54, 1.807) is 0 Å². The smallest absolute Gasteiger partial charge is 0.162 e. The van der Waals surface area contributed by atoms with Gasteiger partial charge in [-0.15, -0.1) is 5.10 Å². The molecule has 1 aliphatic rings. The zero-order valence-electron chi connectivity index (χ0n) is 14.4. The van der Waals surface area contributed by atoms with E-state index in [9.17, 15) is 0 Å². The monoisotopic (exact) mass is 327 g/mol. The van der Waals surface area contributed by atoms with Crippen molar-refractivity contribution in [2.24, 2.45) is 0 Å². The van der Waals surface area contributed by atoms with Gasteiger partial charge in [0.15, 0.2) is 5.82 Å². The molecule has 4 aromatic rings. The van der Waals surface area contributed by atoms with E-state index in [0.717, 1.165) is 18.8 Å². The first kappa shape index (κ1) is 14.5. The quantitative estimate of drug-likeness (QED) is 0.501. The highest BCUT2D eigenvalue weighted by molar-refractivity contribution is 5.76. The molecular formula is C22H21N3. The summed E-state index contributed by atoms with van der Waals surface area (Å²) in [6.07, 6.45) is 5.77. The van der Waals surface area contributed by atoms with Crippen molar-refractivity contribution in [1.29, 1.82) is 0 Å². The fourth-order valence-corrected chi connectivity index (χ4v) is 3.95. The number of hydrogen-bond donors (Lipinski definition) is 0. The van der Waals surface area contributed by atoms with Gasteiger partial charge in [0.25, 0.3) is 0 Å². The molecule has 0 aliphatic carbocycles. The van der Waals surface area contributed by atoms with Gasteiger partial charge in [-0.05, 0) is 31.7 Å². The summed E-state index contributed by atoms with van der Waals surface area (Å²) in [4.78, 5) is 0. The molecule has 5 rings (SSSR count). The molecule has 0 atom stereocenters. The summed E-state index contributed by atoms with van der Waals surface area (Å²) in [5.74, 6) is 1.08. The van der Waals surface area contributed by atoms with Crippen molar-refractivity contribution in [2.45, 2.75) is 32.7 Å². The first-order valence-corrected chi connectivity index (χ1v) is 9.04. The van der Waals surface area contributed by atoms with Crippen molar-refractivity contribution in [3.8, 4) is 22.5 Å². The second kappa shape index (κ2) is 5.62. The molecule has 3 heteroatoms. The highest BCUT2D eigenvalue weighted by atomic mass is 15.3. The lowest BCUT2D eigenvalue weighted by molar-refractivity contribution is 0.645. The molecule has 3 nitrogen and oxygen atoms in total. The topological polar surface area (TPSA) is 22.2 Å². The van der Waals surface area contributed by atoms with E-state index in [1.165, 1.54) is 46.3 Å². The highest BCUT2D eigenvalue weighted by Crippen LogP contribution is 2.34. The largest absolute Gasteiger partial charge is 0.309 e. The first-order valence-electron chi connectivity index (χ1n) is 9.04. The van der Waals surface area contributed by atoms with Crippen LogP contribution in [0, 0.1) is 6.92 Å². The molecule has 0 amide bonds. The van der Waals surface area contributed by atoms with Crippen molar-refractivity contribution < 1.29 is 0 Å². The van der Waals surface area contributed by atoms with Gasteiger partial charge in [-0.25, -0.2) is 4.52 Å². The Kier molecular flexibility index (Phi) is 3.27. The lowest BCUT2D eigenvalue weighted by atomic mass is 10.0. The van der Waals surface area contributed by atoms with Crippen LogP contribution in [0.5, 0.6) is 0 Å². The lowest BCUT2D eigenvalue weighted by Gasteiger charge is -2.07.